The van der Waals surface area contributed by atoms with Crippen LogP contribution in [-0.4, -0.2) is 11.0 Å². The van der Waals surface area contributed by atoms with Crippen LogP contribution in [0.2, 0.25) is 0 Å². The molecule has 5 heteroatoms. The van der Waals surface area contributed by atoms with E-state index < -0.39 is 0 Å². The molecule has 0 atom stereocenters. The first-order valence-electron chi connectivity index (χ1n) is 5.86. The van der Waals surface area contributed by atoms with Crippen molar-refractivity contribution >= 4 is 15.9 Å². The first kappa shape index (κ1) is 11.9. The third-order valence-corrected chi connectivity index (χ3v) is 3.52. The van der Waals surface area contributed by atoms with E-state index in [1.165, 1.54) is 18.9 Å². The Morgan fingerprint density at radius 3 is 3.00 bits per heavy atom. The van der Waals surface area contributed by atoms with Gasteiger partial charge in [0.15, 0.2) is 5.76 Å². The highest BCUT2D eigenvalue weighted by atomic mass is 79.9. The van der Waals surface area contributed by atoms with Crippen LogP contribution in [0.15, 0.2) is 33.3 Å². The average Bonchev–Trinajstić information content (AvgIpc) is 3.08. The summed E-state index contributed by atoms with van der Waals surface area (Å²) in [5.41, 5.74) is 0.695. The fourth-order valence-corrected chi connectivity index (χ4v) is 1.94. The molecule has 1 aliphatic carbocycles. The number of oxazole rings is 1. The van der Waals surface area contributed by atoms with Crippen molar-refractivity contribution in [2.24, 2.45) is 0 Å². The predicted molar refractivity (Wildman–Crippen MR) is 69.5 cm³/mol. The van der Waals surface area contributed by atoms with Crippen LogP contribution in [-0.2, 0) is 6.54 Å². The molecule has 1 aromatic heterocycles. The minimum Gasteiger partial charge on any atom is -0.439 e. The summed E-state index contributed by atoms with van der Waals surface area (Å²) in [4.78, 5) is 4.18. The van der Waals surface area contributed by atoms with Gasteiger partial charge in [-0.2, -0.15) is 0 Å². The Hall–Kier alpha value is -1.20. The van der Waals surface area contributed by atoms with E-state index in [-0.39, 0.29) is 5.82 Å². The number of aromatic nitrogens is 1. The summed E-state index contributed by atoms with van der Waals surface area (Å²) < 4.78 is 19.4. The molecule has 1 saturated carbocycles. The van der Waals surface area contributed by atoms with Crippen molar-refractivity contribution in [2.45, 2.75) is 25.4 Å². The minimum absolute atomic E-state index is 0.304. The Morgan fingerprint density at radius 2 is 2.28 bits per heavy atom. The molecule has 0 radical (unpaired) electrons. The summed E-state index contributed by atoms with van der Waals surface area (Å²) in [6.45, 7) is 0.629. The van der Waals surface area contributed by atoms with Crippen molar-refractivity contribution in [1.82, 2.24) is 10.3 Å². The van der Waals surface area contributed by atoms with E-state index >= 15 is 0 Å². The van der Waals surface area contributed by atoms with Gasteiger partial charge in [-0.1, -0.05) is 0 Å². The summed E-state index contributed by atoms with van der Waals surface area (Å²) >= 11 is 3.12. The quantitative estimate of drug-likeness (QED) is 0.939. The molecule has 1 aromatic carbocycles. The molecule has 1 fully saturated rings. The highest BCUT2D eigenvalue weighted by Crippen LogP contribution is 2.25. The van der Waals surface area contributed by atoms with Crippen LogP contribution in [0.3, 0.4) is 0 Å². The Morgan fingerprint density at radius 1 is 1.44 bits per heavy atom. The average molecular weight is 311 g/mol. The first-order chi connectivity index (χ1) is 8.72. The van der Waals surface area contributed by atoms with Gasteiger partial charge in [-0.3, -0.25) is 0 Å². The third kappa shape index (κ3) is 2.62. The lowest BCUT2D eigenvalue weighted by Gasteiger charge is -1.99. The lowest BCUT2D eigenvalue weighted by molar-refractivity contribution is 0.476. The van der Waals surface area contributed by atoms with E-state index in [0.717, 1.165) is 0 Å². The Labute approximate surface area is 113 Å². The lowest BCUT2D eigenvalue weighted by atomic mass is 10.2. The number of hydrogen-bond acceptors (Lipinski definition) is 3. The van der Waals surface area contributed by atoms with Crippen molar-refractivity contribution in [2.75, 3.05) is 0 Å². The summed E-state index contributed by atoms with van der Waals surface area (Å²) in [7, 11) is 0. The molecular formula is C13H12BrFN2O. The molecule has 1 aliphatic rings. The fraction of sp³-hybridized carbons (Fsp3) is 0.308. The summed E-state index contributed by atoms with van der Waals surface area (Å²) in [5, 5.41) is 3.32. The maximum atomic E-state index is 13.4. The van der Waals surface area contributed by atoms with Crippen LogP contribution >= 0.6 is 15.9 Å². The van der Waals surface area contributed by atoms with E-state index in [2.05, 4.69) is 26.2 Å². The molecule has 3 nitrogen and oxygen atoms in total. The van der Waals surface area contributed by atoms with Crippen molar-refractivity contribution in [3.05, 3.63) is 40.6 Å². The van der Waals surface area contributed by atoms with Gasteiger partial charge >= 0.3 is 0 Å². The first-order valence-corrected chi connectivity index (χ1v) is 6.65. The van der Waals surface area contributed by atoms with Gasteiger partial charge in [-0.15, -0.1) is 0 Å². The number of rotatable bonds is 4. The Bertz CT molecular complexity index is 566. The molecule has 0 unspecified atom stereocenters. The zero-order valence-corrected chi connectivity index (χ0v) is 11.2. The van der Waals surface area contributed by atoms with Gasteiger partial charge in [0.25, 0.3) is 0 Å². The van der Waals surface area contributed by atoms with Crippen LogP contribution in [0.1, 0.15) is 18.7 Å². The molecule has 0 aliphatic heterocycles. The standard InChI is InChI=1S/C13H12BrFN2O/c14-10-4-1-8(5-11(10)15)12-6-17-13(18-12)7-16-9-2-3-9/h1,4-6,9,16H,2-3,7H2. The fourth-order valence-electron chi connectivity index (χ4n) is 1.69. The highest BCUT2D eigenvalue weighted by Gasteiger charge is 2.21. The van der Waals surface area contributed by atoms with Gasteiger partial charge in [0, 0.05) is 11.6 Å². The topological polar surface area (TPSA) is 38.1 Å². The molecule has 94 valence electrons. The van der Waals surface area contributed by atoms with E-state index in [0.29, 0.717) is 34.3 Å². The van der Waals surface area contributed by atoms with E-state index in [9.17, 15) is 4.39 Å². The van der Waals surface area contributed by atoms with Crippen LogP contribution in [0, 0.1) is 5.82 Å². The molecular weight excluding hydrogens is 299 g/mol. The van der Waals surface area contributed by atoms with Gasteiger partial charge in [-0.25, -0.2) is 9.37 Å². The maximum Gasteiger partial charge on any atom is 0.208 e. The van der Waals surface area contributed by atoms with E-state index in [4.69, 9.17) is 4.42 Å². The maximum absolute atomic E-state index is 13.4. The Balaban J connectivity index is 1.76. The molecule has 1 heterocycles. The largest absolute Gasteiger partial charge is 0.439 e. The van der Waals surface area contributed by atoms with Crippen LogP contribution in [0.4, 0.5) is 4.39 Å². The second-order valence-electron chi connectivity index (χ2n) is 4.40. The van der Waals surface area contributed by atoms with Crippen molar-refractivity contribution in [3.63, 3.8) is 0 Å². The summed E-state index contributed by atoms with van der Waals surface area (Å²) in [6.07, 6.45) is 4.09. The number of nitrogens with one attached hydrogen (secondary N) is 1. The number of benzene rings is 1. The minimum atomic E-state index is -0.304. The van der Waals surface area contributed by atoms with Gasteiger partial charge in [-0.05, 0) is 47.0 Å². The number of hydrogen-bond donors (Lipinski definition) is 1. The molecule has 0 saturated heterocycles. The number of halogens is 2. The van der Waals surface area contributed by atoms with E-state index in [1.807, 2.05) is 0 Å². The van der Waals surface area contributed by atoms with Crippen LogP contribution in [0.25, 0.3) is 11.3 Å². The Kier molecular flexibility index (Phi) is 3.18. The summed E-state index contributed by atoms with van der Waals surface area (Å²) in [6, 6.07) is 5.51. The monoisotopic (exact) mass is 310 g/mol. The van der Waals surface area contributed by atoms with Gasteiger partial charge in [0.2, 0.25) is 5.89 Å². The highest BCUT2D eigenvalue weighted by molar-refractivity contribution is 9.10. The number of nitrogens with zero attached hydrogens (tertiary/aromatic N) is 1. The molecule has 0 spiro atoms. The van der Waals surface area contributed by atoms with Crippen LogP contribution < -0.4 is 5.32 Å². The lowest BCUT2D eigenvalue weighted by Crippen LogP contribution is -2.15. The SMILES string of the molecule is Fc1cc(-c2cnc(CNC3CC3)o2)ccc1Br. The van der Waals surface area contributed by atoms with Gasteiger partial charge in [0.05, 0.1) is 17.2 Å². The smallest absolute Gasteiger partial charge is 0.208 e. The molecule has 18 heavy (non-hydrogen) atoms. The second kappa shape index (κ2) is 4.82. The van der Waals surface area contributed by atoms with Gasteiger partial charge < -0.3 is 9.73 Å². The molecule has 0 amide bonds. The van der Waals surface area contributed by atoms with Crippen molar-refractivity contribution in [1.29, 1.82) is 0 Å². The molecule has 3 rings (SSSR count). The van der Waals surface area contributed by atoms with Crippen molar-refractivity contribution < 1.29 is 8.81 Å². The normalized spacial score (nSPS) is 15.0. The van der Waals surface area contributed by atoms with Crippen molar-refractivity contribution in [3.8, 4) is 11.3 Å². The molecule has 1 N–H and O–H groups in total. The molecule has 0 bridgehead atoms. The summed E-state index contributed by atoms with van der Waals surface area (Å²) in [5.74, 6) is 0.927. The zero-order chi connectivity index (χ0) is 12.5. The molecule has 2 aromatic rings. The zero-order valence-electron chi connectivity index (χ0n) is 9.62. The van der Waals surface area contributed by atoms with Gasteiger partial charge in [0.1, 0.15) is 5.82 Å². The third-order valence-electron chi connectivity index (χ3n) is 2.88. The second-order valence-corrected chi connectivity index (χ2v) is 5.26. The van der Waals surface area contributed by atoms with E-state index in [1.54, 1.807) is 18.3 Å². The van der Waals surface area contributed by atoms with Crippen LogP contribution in [0.5, 0.6) is 0 Å². The predicted octanol–water partition coefficient (Wildman–Crippen LogP) is 3.50.